The molecule has 0 spiro atoms. The van der Waals surface area contributed by atoms with Crippen molar-refractivity contribution in [2.75, 3.05) is 39.9 Å². The predicted octanol–water partition coefficient (Wildman–Crippen LogP) is 2.37. The van der Waals surface area contributed by atoms with Crippen LogP contribution in [-0.4, -0.2) is 50.8 Å². The molecule has 3 heteroatoms. The molecule has 0 bridgehead atoms. The van der Waals surface area contributed by atoms with Gasteiger partial charge in [-0.15, -0.1) is 0 Å². The number of rotatable bonds is 4. The summed E-state index contributed by atoms with van der Waals surface area (Å²) in [5.41, 5.74) is 0. The summed E-state index contributed by atoms with van der Waals surface area (Å²) in [6.07, 6.45) is 5.35. The molecule has 0 radical (unpaired) electrons. The molecular weight excluding hydrogens is 236 g/mol. The standard InChI is InChI=1S/C16H32N2O/c1-13(2)14-5-4-8-18(9-6-14)11-15-12-19-10-7-16(15)17-3/h13-17H,4-12H2,1-3H3. The van der Waals surface area contributed by atoms with Crippen LogP contribution in [0.25, 0.3) is 0 Å². The number of ether oxygens (including phenoxy) is 1. The predicted molar refractivity (Wildman–Crippen MR) is 80.4 cm³/mol. The van der Waals surface area contributed by atoms with Gasteiger partial charge in [-0.3, -0.25) is 0 Å². The molecule has 2 aliphatic heterocycles. The van der Waals surface area contributed by atoms with Gasteiger partial charge in [0.2, 0.25) is 0 Å². The van der Waals surface area contributed by atoms with Gasteiger partial charge in [0.15, 0.2) is 0 Å². The summed E-state index contributed by atoms with van der Waals surface area (Å²) in [4.78, 5) is 2.69. The van der Waals surface area contributed by atoms with Crippen LogP contribution in [0.15, 0.2) is 0 Å². The van der Waals surface area contributed by atoms with Gasteiger partial charge in [-0.05, 0) is 57.7 Å². The van der Waals surface area contributed by atoms with E-state index in [1.165, 1.54) is 45.3 Å². The molecule has 0 saturated carbocycles. The zero-order valence-corrected chi connectivity index (χ0v) is 13.0. The fraction of sp³-hybridized carbons (Fsp3) is 1.00. The van der Waals surface area contributed by atoms with E-state index >= 15 is 0 Å². The fourth-order valence-corrected chi connectivity index (χ4v) is 3.72. The van der Waals surface area contributed by atoms with Crippen LogP contribution in [0.5, 0.6) is 0 Å². The Labute approximate surface area is 119 Å². The fourth-order valence-electron chi connectivity index (χ4n) is 3.72. The van der Waals surface area contributed by atoms with Crippen LogP contribution in [0.1, 0.15) is 39.5 Å². The van der Waals surface area contributed by atoms with Crippen LogP contribution in [0, 0.1) is 17.8 Å². The van der Waals surface area contributed by atoms with Gasteiger partial charge in [0.05, 0.1) is 6.61 Å². The lowest BCUT2D eigenvalue weighted by Gasteiger charge is -2.35. The van der Waals surface area contributed by atoms with Crippen molar-refractivity contribution in [2.24, 2.45) is 17.8 Å². The Morgan fingerprint density at radius 2 is 2.05 bits per heavy atom. The summed E-state index contributed by atoms with van der Waals surface area (Å²) in [6.45, 7) is 10.4. The van der Waals surface area contributed by atoms with Crippen molar-refractivity contribution in [1.29, 1.82) is 0 Å². The Morgan fingerprint density at radius 3 is 2.79 bits per heavy atom. The molecule has 0 aliphatic carbocycles. The highest BCUT2D eigenvalue weighted by Crippen LogP contribution is 2.25. The van der Waals surface area contributed by atoms with Crippen molar-refractivity contribution in [3.8, 4) is 0 Å². The minimum absolute atomic E-state index is 0.651. The molecule has 3 nitrogen and oxygen atoms in total. The second-order valence-corrected chi connectivity index (χ2v) is 6.75. The highest BCUT2D eigenvalue weighted by Gasteiger charge is 2.27. The quantitative estimate of drug-likeness (QED) is 0.847. The first-order chi connectivity index (χ1) is 9.20. The lowest BCUT2D eigenvalue weighted by molar-refractivity contribution is 0.0186. The molecule has 2 rings (SSSR count). The monoisotopic (exact) mass is 268 g/mol. The Kier molecular flexibility index (Phi) is 6.11. The summed E-state index contributed by atoms with van der Waals surface area (Å²) < 4.78 is 5.68. The van der Waals surface area contributed by atoms with Gasteiger partial charge in [0.25, 0.3) is 0 Å². The molecule has 0 aromatic carbocycles. The third kappa shape index (κ3) is 4.44. The number of nitrogens with zero attached hydrogens (tertiary/aromatic N) is 1. The third-order valence-corrected chi connectivity index (χ3v) is 5.15. The maximum Gasteiger partial charge on any atom is 0.0521 e. The molecule has 19 heavy (non-hydrogen) atoms. The molecule has 2 heterocycles. The molecule has 2 saturated heterocycles. The SMILES string of the molecule is CNC1CCOCC1CN1CCCC(C(C)C)CC1. The molecule has 0 aromatic heterocycles. The van der Waals surface area contributed by atoms with Crippen LogP contribution in [-0.2, 0) is 4.74 Å². The van der Waals surface area contributed by atoms with Crippen LogP contribution in [0.4, 0.5) is 0 Å². The summed E-state index contributed by atoms with van der Waals surface area (Å²) in [6, 6.07) is 0.651. The first kappa shape index (κ1) is 15.3. The number of likely N-dealkylation sites (tertiary alicyclic amines) is 1. The molecule has 112 valence electrons. The summed E-state index contributed by atoms with van der Waals surface area (Å²) >= 11 is 0. The van der Waals surface area contributed by atoms with E-state index in [0.717, 1.165) is 25.0 Å². The van der Waals surface area contributed by atoms with Crippen molar-refractivity contribution in [1.82, 2.24) is 10.2 Å². The highest BCUT2D eigenvalue weighted by molar-refractivity contribution is 4.82. The highest BCUT2D eigenvalue weighted by atomic mass is 16.5. The van der Waals surface area contributed by atoms with Crippen LogP contribution in [0.3, 0.4) is 0 Å². The second-order valence-electron chi connectivity index (χ2n) is 6.75. The Bertz CT molecular complexity index is 257. The van der Waals surface area contributed by atoms with Crippen molar-refractivity contribution >= 4 is 0 Å². The lowest BCUT2D eigenvalue weighted by Crippen LogP contribution is -2.46. The van der Waals surface area contributed by atoms with Crippen molar-refractivity contribution < 1.29 is 4.74 Å². The van der Waals surface area contributed by atoms with E-state index in [4.69, 9.17) is 4.74 Å². The number of hydrogen-bond acceptors (Lipinski definition) is 3. The summed E-state index contributed by atoms with van der Waals surface area (Å²) in [5.74, 6) is 2.46. The smallest absolute Gasteiger partial charge is 0.0521 e. The van der Waals surface area contributed by atoms with Gasteiger partial charge in [0.1, 0.15) is 0 Å². The van der Waals surface area contributed by atoms with E-state index in [-0.39, 0.29) is 0 Å². The van der Waals surface area contributed by atoms with Gasteiger partial charge in [-0.25, -0.2) is 0 Å². The Balaban J connectivity index is 1.81. The summed E-state index contributed by atoms with van der Waals surface area (Å²) in [5, 5.41) is 3.48. The van der Waals surface area contributed by atoms with Crippen LogP contribution < -0.4 is 5.32 Å². The van der Waals surface area contributed by atoms with Crippen LogP contribution >= 0.6 is 0 Å². The average Bonchev–Trinajstić information content (AvgIpc) is 2.65. The van der Waals surface area contributed by atoms with E-state index in [1.54, 1.807) is 0 Å². The number of nitrogens with one attached hydrogen (secondary N) is 1. The molecule has 0 aromatic rings. The third-order valence-electron chi connectivity index (χ3n) is 5.15. The minimum Gasteiger partial charge on any atom is -0.381 e. The molecule has 1 N–H and O–H groups in total. The molecule has 3 unspecified atom stereocenters. The van der Waals surface area contributed by atoms with Gasteiger partial charge in [-0.1, -0.05) is 13.8 Å². The maximum atomic E-state index is 5.68. The van der Waals surface area contributed by atoms with Gasteiger partial charge >= 0.3 is 0 Å². The average molecular weight is 268 g/mol. The minimum atomic E-state index is 0.651. The van der Waals surface area contributed by atoms with E-state index in [9.17, 15) is 0 Å². The Hall–Kier alpha value is -0.120. The first-order valence-corrected chi connectivity index (χ1v) is 8.18. The normalized spacial score (nSPS) is 34.4. The molecule has 3 atom stereocenters. The second kappa shape index (κ2) is 7.61. The Morgan fingerprint density at radius 1 is 1.21 bits per heavy atom. The molecule has 2 fully saturated rings. The molecule has 0 amide bonds. The van der Waals surface area contributed by atoms with Crippen LogP contribution in [0.2, 0.25) is 0 Å². The van der Waals surface area contributed by atoms with Crippen molar-refractivity contribution in [3.05, 3.63) is 0 Å². The zero-order valence-electron chi connectivity index (χ0n) is 13.0. The van der Waals surface area contributed by atoms with Gasteiger partial charge in [0, 0.05) is 25.1 Å². The van der Waals surface area contributed by atoms with Gasteiger partial charge in [-0.2, -0.15) is 0 Å². The first-order valence-electron chi connectivity index (χ1n) is 8.18. The molecular formula is C16H32N2O. The number of hydrogen-bond donors (Lipinski definition) is 1. The lowest BCUT2D eigenvalue weighted by atomic mass is 9.89. The van der Waals surface area contributed by atoms with Gasteiger partial charge < -0.3 is 15.0 Å². The molecule has 2 aliphatic rings. The summed E-state index contributed by atoms with van der Waals surface area (Å²) in [7, 11) is 2.10. The van der Waals surface area contributed by atoms with E-state index in [1.807, 2.05) is 0 Å². The van der Waals surface area contributed by atoms with E-state index < -0.39 is 0 Å². The van der Waals surface area contributed by atoms with Crippen molar-refractivity contribution in [2.45, 2.75) is 45.6 Å². The zero-order chi connectivity index (χ0) is 13.7. The van der Waals surface area contributed by atoms with E-state index in [2.05, 4.69) is 31.1 Å². The maximum absolute atomic E-state index is 5.68. The van der Waals surface area contributed by atoms with Crippen molar-refractivity contribution in [3.63, 3.8) is 0 Å². The van der Waals surface area contributed by atoms with E-state index in [0.29, 0.717) is 12.0 Å². The largest absolute Gasteiger partial charge is 0.381 e. The topological polar surface area (TPSA) is 24.5 Å².